The van der Waals surface area contributed by atoms with Gasteiger partial charge >= 0.3 is 5.97 Å². The van der Waals surface area contributed by atoms with Crippen molar-refractivity contribution in [2.75, 3.05) is 19.0 Å². The van der Waals surface area contributed by atoms with Crippen molar-refractivity contribution in [3.63, 3.8) is 0 Å². The van der Waals surface area contributed by atoms with Gasteiger partial charge in [0.1, 0.15) is 22.6 Å². The van der Waals surface area contributed by atoms with E-state index in [0.717, 1.165) is 21.7 Å². The van der Waals surface area contributed by atoms with Crippen LogP contribution in [0.3, 0.4) is 0 Å². The minimum absolute atomic E-state index is 0.0987. The summed E-state index contributed by atoms with van der Waals surface area (Å²) in [5, 5.41) is 9.17. The van der Waals surface area contributed by atoms with Crippen molar-refractivity contribution in [3.05, 3.63) is 66.4 Å². The van der Waals surface area contributed by atoms with Gasteiger partial charge in [0, 0.05) is 22.2 Å². The van der Waals surface area contributed by atoms with Crippen LogP contribution in [0.15, 0.2) is 69.6 Å². The van der Waals surface area contributed by atoms with E-state index < -0.39 is 18.5 Å². The average molecular weight is 430 g/mol. The smallest absolute Gasteiger partial charge is 0.312 e. The number of carbonyl (C=O) groups excluding carboxylic acids is 2. The van der Waals surface area contributed by atoms with Gasteiger partial charge in [-0.25, -0.2) is 0 Å². The van der Waals surface area contributed by atoms with Crippen LogP contribution in [0.1, 0.15) is 5.69 Å². The van der Waals surface area contributed by atoms with Gasteiger partial charge in [-0.15, -0.1) is 0 Å². The first-order chi connectivity index (χ1) is 15.6. The number of anilines is 1. The standard InChI is InChI=1S/C24H18N2O6/c1-29-22-10-16-14-6-2-4-8-19(14)31-21(16)11-18(22)25-23(27)13-30-24(28)12-17-15-7-3-5-9-20(15)32-26-17/h2-11H,12-13H2,1H3,(H,25,27). The summed E-state index contributed by atoms with van der Waals surface area (Å²) in [5.41, 5.74) is 2.81. The molecule has 2 aromatic heterocycles. The minimum atomic E-state index is -0.584. The van der Waals surface area contributed by atoms with Crippen molar-refractivity contribution in [1.82, 2.24) is 5.16 Å². The summed E-state index contributed by atoms with van der Waals surface area (Å²) >= 11 is 0. The maximum atomic E-state index is 12.4. The van der Waals surface area contributed by atoms with Crippen LogP contribution in [0, 0.1) is 0 Å². The molecule has 5 rings (SSSR count). The molecule has 0 aliphatic heterocycles. The third-order valence-electron chi connectivity index (χ3n) is 5.10. The molecule has 1 amide bonds. The van der Waals surface area contributed by atoms with Crippen molar-refractivity contribution in [2.24, 2.45) is 0 Å². The summed E-state index contributed by atoms with van der Waals surface area (Å²) in [6.07, 6.45) is -0.0987. The number of fused-ring (bicyclic) bond motifs is 4. The van der Waals surface area contributed by atoms with Crippen molar-refractivity contribution in [3.8, 4) is 5.75 Å². The quantitative estimate of drug-likeness (QED) is 0.397. The number of furan rings is 1. The Morgan fingerprint density at radius 2 is 1.69 bits per heavy atom. The zero-order valence-electron chi connectivity index (χ0n) is 17.1. The summed E-state index contributed by atoms with van der Waals surface area (Å²) in [4.78, 5) is 24.6. The average Bonchev–Trinajstić information content (AvgIpc) is 3.38. The van der Waals surface area contributed by atoms with E-state index in [1.54, 1.807) is 18.2 Å². The molecule has 0 radical (unpaired) electrons. The summed E-state index contributed by atoms with van der Waals surface area (Å²) in [6, 6.07) is 18.3. The molecule has 0 bridgehead atoms. The first-order valence-electron chi connectivity index (χ1n) is 9.90. The summed E-state index contributed by atoms with van der Waals surface area (Å²) in [5.74, 6) is -0.617. The second-order valence-corrected chi connectivity index (χ2v) is 7.16. The van der Waals surface area contributed by atoms with Crippen LogP contribution in [0.5, 0.6) is 5.75 Å². The van der Waals surface area contributed by atoms with Gasteiger partial charge in [-0.1, -0.05) is 35.5 Å². The summed E-state index contributed by atoms with van der Waals surface area (Å²) in [7, 11) is 1.52. The predicted octanol–water partition coefficient (Wildman–Crippen LogP) is 4.46. The molecule has 3 aromatic carbocycles. The number of aromatic nitrogens is 1. The van der Waals surface area contributed by atoms with Crippen LogP contribution in [-0.4, -0.2) is 30.7 Å². The first kappa shape index (κ1) is 19.6. The van der Waals surface area contributed by atoms with Gasteiger partial charge in [0.25, 0.3) is 5.91 Å². The van der Waals surface area contributed by atoms with E-state index in [0.29, 0.717) is 28.3 Å². The number of para-hydroxylation sites is 2. The van der Waals surface area contributed by atoms with Crippen LogP contribution in [0.25, 0.3) is 32.9 Å². The fourth-order valence-corrected chi connectivity index (χ4v) is 3.60. The monoisotopic (exact) mass is 430 g/mol. The second kappa shape index (κ2) is 8.07. The number of methoxy groups -OCH3 is 1. The Labute approximate surface area is 181 Å². The van der Waals surface area contributed by atoms with E-state index in [-0.39, 0.29) is 6.42 Å². The predicted molar refractivity (Wildman–Crippen MR) is 118 cm³/mol. The van der Waals surface area contributed by atoms with Crippen LogP contribution >= 0.6 is 0 Å². The molecule has 0 atom stereocenters. The lowest BCUT2D eigenvalue weighted by Gasteiger charge is -2.10. The number of hydrogen-bond acceptors (Lipinski definition) is 7. The maximum Gasteiger partial charge on any atom is 0.312 e. The Hall–Kier alpha value is -4.33. The van der Waals surface area contributed by atoms with E-state index in [1.807, 2.05) is 42.5 Å². The molecule has 0 aliphatic carbocycles. The first-order valence-corrected chi connectivity index (χ1v) is 9.90. The lowest BCUT2D eigenvalue weighted by atomic mass is 10.1. The van der Waals surface area contributed by atoms with Gasteiger partial charge in [-0.05, 0) is 24.3 Å². The SMILES string of the molecule is COc1cc2c(cc1NC(=O)COC(=O)Cc1noc3ccccc13)oc1ccccc12. The Kier molecular flexibility index (Phi) is 4.95. The molecule has 160 valence electrons. The maximum absolute atomic E-state index is 12.4. The third-order valence-corrected chi connectivity index (χ3v) is 5.10. The van der Waals surface area contributed by atoms with Crippen molar-refractivity contribution < 1.29 is 28.0 Å². The summed E-state index contributed by atoms with van der Waals surface area (Å²) in [6.45, 7) is -0.448. The Morgan fingerprint density at radius 1 is 0.938 bits per heavy atom. The molecule has 1 N–H and O–H groups in total. The lowest BCUT2D eigenvalue weighted by Crippen LogP contribution is -2.22. The Morgan fingerprint density at radius 3 is 2.50 bits per heavy atom. The van der Waals surface area contributed by atoms with E-state index in [2.05, 4.69) is 10.5 Å². The molecule has 32 heavy (non-hydrogen) atoms. The highest BCUT2D eigenvalue weighted by molar-refractivity contribution is 6.07. The van der Waals surface area contributed by atoms with Crippen LogP contribution in [0.4, 0.5) is 5.69 Å². The molecule has 0 spiro atoms. The number of nitrogens with one attached hydrogen (secondary N) is 1. The van der Waals surface area contributed by atoms with E-state index >= 15 is 0 Å². The van der Waals surface area contributed by atoms with Crippen LogP contribution in [-0.2, 0) is 20.7 Å². The van der Waals surface area contributed by atoms with Crippen molar-refractivity contribution in [1.29, 1.82) is 0 Å². The van der Waals surface area contributed by atoms with Crippen molar-refractivity contribution >= 4 is 50.5 Å². The number of hydrogen-bond donors (Lipinski definition) is 1. The molecule has 0 saturated carbocycles. The zero-order chi connectivity index (χ0) is 22.1. The van der Waals surface area contributed by atoms with E-state index in [9.17, 15) is 9.59 Å². The molecule has 0 saturated heterocycles. The molecule has 0 unspecified atom stereocenters. The van der Waals surface area contributed by atoms with Crippen LogP contribution in [0.2, 0.25) is 0 Å². The van der Waals surface area contributed by atoms with Gasteiger partial charge in [0.2, 0.25) is 0 Å². The number of rotatable bonds is 6. The zero-order valence-corrected chi connectivity index (χ0v) is 17.1. The van der Waals surface area contributed by atoms with Gasteiger partial charge in [-0.3, -0.25) is 9.59 Å². The molecular weight excluding hydrogens is 412 g/mol. The van der Waals surface area contributed by atoms with Gasteiger partial charge < -0.3 is 23.7 Å². The highest BCUT2D eigenvalue weighted by Gasteiger charge is 2.17. The molecule has 8 heteroatoms. The topological polar surface area (TPSA) is 104 Å². The summed E-state index contributed by atoms with van der Waals surface area (Å²) < 4.78 is 21.6. The molecule has 8 nitrogen and oxygen atoms in total. The normalized spacial score (nSPS) is 11.2. The lowest BCUT2D eigenvalue weighted by molar-refractivity contribution is -0.146. The Bertz CT molecular complexity index is 1470. The van der Waals surface area contributed by atoms with Crippen LogP contribution < -0.4 is 10.1 Å². The third kappa shape index (κ3) is 3.62. The van der Waals surface area contributed by atoms with E-state index in [1.165, 1.54) is 7.11 Å². The largest absolute Gasteiger partial charge is 0.495 e. The van der Waals surface area contributed by atoms with Crippen molar-refractivity contribution in [2.45, 2.75) is 6.42 Å². The number of carbonyl (C=O) groups is 2. The number of benzene rings is 3. The molecule has 0 aliphatic rings. The second-order valence-electron chi connectivity index (χ2n) is 7.16. The Balaban J connectivity index is 1.27. The fraction of sp³-hybridized carbons (Fsp3) is 0.125. The molecule has 0 fully saturated rings. The fourth-order valence-electron chi connectivity index (χ4n) is 3.60. The number of nitrogens with zero attached hydrogens (tertiary/aromatic N) is 1. The minimum Gasteiger partial charge on any atom is -0.495 e. The molecular formula is C24H18N2O6. The molecule has 5 aromatic rings. The van der Waals surface area contributed by atoms with Gasteiger partial charge in [-0.2, -0.15) is 0 Å². The van der Waals surface area contributed by atoms with E-state index in [4.69, 9.17) is 18.4 Å². The van der Waals surface area contributed by atoms with Gasteiger partial charge in [0.05, 0.1) is 19.2 Å². The number of ether oxygens (including phenoxy) is 2. The van der Waals surface area contributed by atoms with Gasteiger partial charge in [0.15, 0.2) is 12.2 Å². The molecule has 2 heterocycles. The highest BCUT2D eigenvalue weighted by Crippen LogP contribution is 2.36. The number of esters is 1. The highest BCUT2D eigenvalue weighted by atomic mass is 16.5. The number of amides is 1.